The van der Waals surface area contributed by atoms with Crippen LogP contribution in [-0.2, 0) is 20.1 Å². The molecular weight excluding hydrogens is 302 g/mol. The summed E-state index contributed by atoms with van der Waals surface area (Å²) < 4.78 is 7.75. The molecule has 0 aliphatic carbocycles. The van der Waals surface area contributed by atoms with Gasteiger partial charge in [0.2, 0.25) is 0 Å². The topological polar surface area (TPSA) is 46.4 Å². The molecule has 0 spiro atoms. The predicted molar refractivity (Wildman–Crippen MR) is 93.8 cm³/mol. The first-order valence-corrected chi connectivity index (χ1v) is 8.67. The van der Waals surface area contributed by atoms with Gasteiger partial charge in [-0.1, -0.05) is 18.2 Å². The molecule has 6 nitrogen and oxygen atoms in total. The molecule has 0 radical (unpaired) electrons. The van der Waals surface area contributed by atoms with Gasteiger partial charge in [-0.3, -0.25) is 9.80 Å². The van der Waals surface area contributed by atoms with Crippen molar-refractivity contribution < 1.29 is 4.74 Å². The van der Waals surface area contributed by atoms with Crippen LogP contribution in [0, 0.1) is 0 Å². The SMILES string of the molecule is CCOc1ccccc1CN1CCN(Cc2nncn2C)C(C)C1. The Morgan fingerprint density at radius 1 is 1.21 bits per heavy atom. The quantitative estimate of drug-likeness (QED) is 0.810. The molecule has 2 heterocycles. The minimum Gasteiger partial charge on any atom is -0.494 e. The summed E-state index contributed by atoms with van der Waals surface area (Å²) in [7, 11) is 2.00. The third-order valence-corrected chi connectivity index (χ3v) is 4.67. The average molecular weight is 329 g/mol. The lowest BCUT2D eigenvalue weighted by Gasteiger charge is -2.39. The molecule has 1 aliphatic heterocycles. The number of piperazine rings is 1. The van der Waals surface area contributed by atoms with Crippen LogP contribution in [0.4, 0.5) is 0 Å². The molecule has 1 aromatic heterocycles. The summed E-state index contributed by atoms with van der Waals surface area (Å²) in [6, 6.07) is 8.85. The normalized spacial score (nSPS) is 19.5. The van der Waals surface area contributed by atoms with Gasteiger partial charge >= 0.3 is 0 Å². The van der Waals surface area contributed by atoms with Crippen LogP contribution < -0.4 is 4.74 Å². The maximum Gasteiger partial charge on any atom is 0.146 e. The second kappa shape index (κ2) is 7.77. The van der Waals surface area contributed by atoms with Crippen LogP contribution in [0.1, 0.15) is 25.2 Å². The smallest absolute Gasteiger partial charge is 0.146 e. The van der Waals surface area contributed by atoms with Crippen molar-refractivity contribution >= 4 is 0 Å². The lowest BCUT2D eigenvalue weighted by atomic mass is 10.1. The van der Waals surface area contributed by atoms with E-state index in [2.05, 4.69) is 45.1 Å². The minimum absolute atomic E-state index is 0.495. The molecule has 1 unspecified atom stereocenters. The largest absolute Gasteiger partial charge is 0.494 e. The number of para-hydroxylation sites is 1. The molecule has 1 fully saturated rings. The molecule has 130 valence electrons. The summed E-state index contributed by atoms with van der Waals surface area (Å²) in [5, 5.41) is 8.18. The van der Waals surface area contributed by atoms with Crippen LogP contribution in [0.15, 0.2) is 30.6 Å². The first-order valence-electron chi connectivity index (χ1n) is 8.67. The van der Waals surface area contributed by atoms with Gasteiger partial charge in [0.1, 0.15) is 17.9 Å². The Bertz CT molecular complexity index is 656. The summed E-state index contributed by atoms with van der Waals surface area (Å²) in [4.78, 5) is 4.99. The van der Waals surface area contributed by atoms with E-state index < -0.39 is 0 Å². The van der Waals surface area contributed by atoms with E-state index in [0.717, 1.165) is 44.3 Å². The first-order chi connectivity index (χ1) is 11.7. The molecule has 6 heteroatoms. The van der Waals surface area contributed by atoms with Crippen LogP contribution in [0.25, 0.3) is 0 Å². The van der Waals surface area contributed by atoms with Crippen molar-refractivity contribution in [2.45, 2.75) is 33.0 Å². The highest BCUT2D eigenvalue weighted by atomic mass is 16.5. The van der Waals surface area contributed by atoms with Gasteiger partial charge < -0.3 is 9.30 Å². The Kier molecular flexibility index (Phi) is 5.48. The lowest BCUT2D eigenvalue weighted by molar-refractivity contribution is 0.0701. The molecule has 0 N–H and O–H groups in total. The molecule has 1 aromatic carbocycles. The van der Waals surface area contributed by atoms with Gasteiger partial charge in [-0.15, -0.1) is 10.2 Å². The molecule has 0 bridgehead atoms. The number of rotatable bonds is 6. The third kappa shape index (κ3) is 3.94. The van der Waals surface area contributed by atoms with Crippen molar-refractivity contribution in [1.82, 2.24) is 24.6 Å². The molecule has 1 atom stereocenters. The summed E-state index contributed by atoms with van der Waals surface area (Å²) in [6.07, 6.45) is 1.76. The first kappa shape index (κ1) is 16.9. The van der Waals surface area contributed by atoms with Crippen molar-refractivity contribution in [1.29, 1.82) is 0 Å². The van der Waals surface area contributed by atoms with Crippen LogP contribution in [0.2, 0.25) is 0 Å². The number of hydrogen-bond donors (Lipinski definition) is 0. The molecule has 0 amide bonds. The summed E-state index contributed by atoms with van der Waals surface area (Å²) in [6.45, 7) is 9.99. The van der Waals surface area contributed by atoms with E-state index in [9.17, 15) is 0 Å². The van der Waals surface area contributed by atoms with E-state index in [1.807, 2.05) is 24.6 Å². The van der Waals surface area contributed by atoms with Gasteiger partial charge in [0.15, 0.2) is 0 Å². The Hall–Kier alpha value is -1.92. The standard InChI is InChI=1S/C18H27N5O/c1-4-24-17-8-6-5-7-16(17)12-22-9-10-23(15(2)11-22)13-18-20-19-14-21(18)3/h5-8,14-15H,4,9-13H2,1-3H3. The van der Waals surface area contributed by atoms with Crippen molar-refractivity contribution in [3.05, 3.63) is 42.0 Å². The van der Waals surface area contributed by atoms with E-state index in [1.54, 1.807) is 6.33 Å². The highest BCUT2D eigenvalue weighted by molar-refractivity contribution is 5.33. The van der Waals surface area contributed by atoms with E-state index in [-0.39, 0.29) is 0 Å². The van der Waals surface area contributed by atoms with Crippen LogP contribution in [0.5, 0.6) is 5.75 Å². The molecule has 2 aromatic rings. The fourth-order valence-corrected chi connectivity index (χ4v) is 3.25. The van der Waals surface area contributed by atoms with Crippen molar-refractivity contribution in [2.75, 3.05) is 26.2 Å². The predicted octanol–water partition coefficient (Wildman–Crippen LogP) is 1.92. The van der Waals surface area contributed by atoms with Crippen LogP contribution in [-0.4, -0.2) is 56.8 Å². The number of aryl methyl sites for hydroxylation is 1. The van der Waals surface area contributed by atoms with E-state index in [0.29, 0.717) is 12.6 Å². The number of hydrogen-bond acceptors (Lipinski definition) is 5. The Morgan fingerprint density at radius 3 is 2.75 bits per heavy atom. The van der Waals surface area contributed by atoms with E-state index in [4.69, 9.17) is 4.74 Å². The van der Waals surface area contributed by atoms with Gasteiger partial charge in [-0.25, -0.2) is 0 Å². The number of nitrogens with zero attached hydrogens (tertiary/aromatic N) is 5. The highest BCUT2D eigenvalue weighted by Crippen LogP contribution is 2.22. The van der Waals surface area contributed by atoms with E-state index in [1.165, 1.54) is 5.56 Å². The fourth-order valence-electron chi connectivity index (χ4n) is 3.25. The lowest BCUT2D eigenvalue weighted by Crippen LogP contribution is -2.51. The molecule has 1 saturated heterocycles. The Balaban J connectivity index is 1.59. The average Bonchev–Trinajstić information content (AvgIpc) is 2.97. The second-order valence-electron chi connectivity index (χ2n) is 6.45. The van der Waals surface area contributed by atoms with Gasteiger partial charge in [0.25, 0.3) is 0 Å². The minimum atomic E-state index is 0.495. The summed E-state index contributed by atoms with van der Waals surface area (Å²) >= 11 is 0. The van der Waals surface area contributed by atoms with E-state index >= 15 is 0 Å². The summed E-state index contributed by atoms with van der Waals surface area (Å²) in [5.41, 5.74) is 1.27. The maximum absolute atomic E-state index is 5.75. The van der Waals surface area contributed by atoms with Gasteiger partial charge in [-0.05, 0) is 19.9 Å². The number of benzene rings is 1. The maximum atomic E-state index is 5.75. The fraction of sp³-hybridized carbons (Fsp3) is 0.556. The molecule has 3 rings (SSSR count). The number of ether oxygens (including phenoxy) is 1. The monoisotopic (exact) mass is 329 g/mol. The van der Waals surface area contributed by atoms with Gasteiger partial charge in [0, 0.05) is 44.8 Å². The van der Waals surface area contributed by atoms with Crippen molar-refractivity contribution in [3.8, 4) is 5.75 Å². The zero-order valence-electron chi connectivity index (χ0n) is 14.9. The van der Waals surface area contributed by atoms with Crippen molar-refractivity contribution in [2.24, 2.45) is 7.05 Å². The Morgan fingerprint density at radius 2 is 2.04 bits per heavy atom. The van der Waals surface area contributed by atoms with Crippen molar-refractivity contribution in [3.63, 3.8) is 0 Å². The highest BCUT2D eigenvalue weighted by Gasteiger charge is 2.25. The number of aromatic nitrogens is 3. The molecule has 1 aliphatic rings. The van der Waals surface area contributed by atoms with Gasteiger partial charge in [-0.2, -0.15) is 0 Å². The van der Waals surface area contributed by atoms with Gasteiger partial charge in [0.05, 0.1) is 13.2 Å². The molecule has 24 heavy (non-hydrogen) atoms. The third-order valence-electron chi connectivity index (χ3n) is 4.67. The zero-order chi connectivity index (χ0) is 16.9. The molecular formula is C18H27N5O. The Labute approximate surface area is 144 Å². The second-order valence-corrected chi connectivity index (χ2v) is 6.45. The molecule has 0 saturated carbocycles. The van der Waals surface area contributed by atoms with Crippen LogP contribution in [0.3, 0.4) is 0 Å². The van der Waals surface area contributed by atoms with Crippen LogP contribution >= 0.6 is 0 Å². The zero-order valence-corrected chi connectivity index (χ0v) is 14.9. The summed E-state index contributed by atoms with van der Waals surface area (Å²) in [5.74, 6) is 2.03.